The summed E-state index contributed by atoms with van der Waals surface area (Å²) in [6.07, 6.45) is 6.27. The van der Waals surface area contributed by atoms with Crippen LogP contribution < -0.4 is 5.32 Å². The molecule has 1 N–H and O–H groups in total. The second-order valence-electron chi connectivity index (χ2n) is 5.44. The standard InChI is InChI=1S/C15H32N2O/c1-4-7-14-13-17(9-11-18-10-6-3)15(8-5-2)12-16-14/h14-16H,4-13H2,1-3H3. The molecule has 0 aliphatic carbocycles. The summed E-state index contributed by atoms with van der Waals surface area (Å²) < 4.78 is 5.65. The van der Waals surface area contributed by atoms with Gasteiger partial charge in [0.05, 0.1) is 6.61 Å². The highest BCUT2D eigenvalue weighted by Crippen LogP contribution is 2.14. The number of rotatable bonds is 9. The van der Waals surface area contributed by atoms with Crippen LogP contribution in [0.5, 0.6) is 0 Å². The van der Waals surface area contributed by atoms with Gasteiger partial charge in [0.15, 0.2) is 0 Å². The summed E-state index contributed by atoms with van der Waals surface area (Å²) in [4.78, 5) is 2.65. The second kappa shape index (κ2) is 9.76. The Morgan fingerprint density at radius 2 is 1.83 bits per heavy atom. The minimum Gasteiger partial charge on any atom is -0.380 e. The topological polar surface area (TPSA) is 24.5 Å². The second-order valence-corrected chi connectivity index (χ2v) is 5.44. The fraction of sp³-hybridized carbons (Fsp3) is 1.00. The van der Waals surface area contributed by atoms with Crippen molar-refractivity contribution < 1.29 is 4.74 Å². The van der Waals surface area contributed by atoms with Gasteiger partial charge in [-0.25, -0.2) is 0 Å². The molecule has 0 bridgehead atoms. The van der Waals surface area contributed by atoms with Gasteiger partial charge in [0.1, 0.15) is 0 Å². The lowest BCUT2D eigenvalue weighted by atomic mass is 10.0. The SMILES string of the molecule is CCCOCCN1CC(CCC)NCC1CCC. The monoisotopic (exact) mass is 256 g/mol. The predicted molar refractivity (Wildman–Crippen MR) is 78.1 cm³/mol. The number of piperazine rings is 1. The summed E-state index contributed by atoms with van der Waals surface area (Å²) in [5.74, 6) is 0. The summed E-state index contributed by atoms with van der Waals surface area (Å²) in [5.41, 5.74) is 0. The third-order valence-corrected chi connectivity index (χ3v) is 3.74. The Hall–Kier alpha value is -0.120. The predicted octanol–water partition coefficient (Wildman–Crippen LogP) is 2.66. The van der Waals surface area contributed by atoms with Crippen molar-refractivity contribution in [2.45, 2.75) is 65.0 Å². The Kier molecular flexibility index (Phi) is 8.64. The van der Waals surface area contributed by atoms with E-state index in [0.29, 0.717) is 12.1 Å². The highest BCUT2D eigenvalue weighted by Gasteiger charge is 2.26. The van der Waals surface area contributed by atoms with Gasteiger partial charge in [0.25, 0.3) is 0 Å². The van der Waals surface area contributed by atoms with E-state index >= 15 is 0 Å². The van der Waals surface area contributed by atoms with E-state index in [-0.39, 0.29) is 0 Å². The average molecular weight is 256 g/mol. The summed E-state index contributed by atoms with van der Waals surface area (Å²) in [5, 5.41) is 3.70. The Morgan fingerprint density at radius 3 is 2.50 bits per heavy atom. The van der Waals surface area contributed by atoms with E-state index in [0.717, 1.165) is 32.7 Å². The van der Waals surface area contributed by atoms with Crippen molar-refractivity contribution in [3.63, 3.8) is 0 Å². The lowest BCUT2D eigenvalue weighted by molar-refractivity contribution is 0.0613. The maximum Gasteiger partial charge on any atom is 0.0593 e. The van der Waals surface area contributed by atoms with Gasteiger partial charge in [-0.05, 0) is 19.3 Å². The van der Waals surface area contributed by atoms with Crippen LogP contribution in [0, 0.1) is 0 Å². The largest absolute Gasteiger partial charge is 0.380 e. The van der Waals surface area contributed by atoms with Crippen molar-refractivity contribution in [1.82, 2.24) is 10.2 Å². The average Bonchev–Trinajstić information content (AvgIpc) is 2.38. The Bertz CT molecular complexity index is 199. The lowest BCUT2D eigenvalue weighted by Gasteiger charge is -2.40. The first-order chi connectivity index (χ1) is 8.81. The highest BCUT2D eigenvalue weighted by atomic mass is 16.5. The van der Waals surface area contributed by atoms with Crippen molar-refractivity contribution in [2.75, 3.05) is 32.8 Å². The molecule has 0 aromatic rings. The number of ether oxygens (including phenoxy) is 1. The van der Waals surface area contributed by atoms with Crippen LogP contribution in [0.3, 0.4) is 0 Å². The Morgan fingerprint density at radius 1 is 1.06 bits per heavy atom. The number of nitrogens with one attached hydrogen (secondary N) is 1. The van der Waals surface area contributed by atoms with E-state index in [2.05, 4.69) is 31.0 Å². The molecule has 2 atom stereocenters. The van der Waals surface area contributed by atoms with Crippen LogP contribution in [0.2, 0.25) is 0 Å². The first kappa shape index (κ1) is 15.9. The van der Waals surface area contributed by atoms with Crippen LogP contribution in [0.25, 0.3) is 0 Å². The van der Waals surface area contributed by atoms with Gasteiger partial charge in [0.2, 0.25) is 0 Å². The summed E-state index contributed by atoms with van der Waals surface area (Å²) >= 11 is 0. The number of nitrogens with zero attached hydrogens (tertiary/aromatic N) is 1. The number of hydrogen-bond donors (Lipinski definition) is 1. The van der Waals surface area contributed by atoms with Crippen LogP contribution in [-0.4, -0.2) is 49.8 Å². The zero-order valence-electron chi connectivity index (χ0n) is 12.6. The molecule has 0 amide bonds. The van der Waals surface area contributed by atoms with Gasteiger partial charge in [-0.3, -0.25) is 4.90 Å². The molecule has 1 aliphatic heterocycles. The third kappa shape index (κ3) is 5.68. The smallest absolute Gasteiger partial charge is 0.0593 e. The van der Waals surface area contributed by atoms with Crippen LogP contribution in [0.1, 0.15) is 52.9 Å². The molecule has 1 heterocycles. The lowest BCUT2D eigenvalue weighted by Crippen LogP contribution is -2.57. The Labute approximate surface area is 113 Å². The van der Waals surface area contributed by atoms with Gasteiger partial charge >= 0.3 is 0 Å². The van der Waals surface area contributed by atoms with Gasteiger partial charge in [-0.1, -0.05) is 33.6 Å². The van der Waals surface area contributed by atoms with Crippen LogP contribution in [0.15, 0.2) is 0 Å². The number of hydrogen-bond acceptors (Lipinski definition) is 3. The zero-order valence-corrected chi connectivity index (χ0v) is 12.6. The Balaban J connectivity index is 2.34. The molecule has 0 spiro atoms. The molecule has 0 aromatic carbocycles. The molecule has 1 aliphatic rings. The van der Waals surface area contributed by atoms with Crippen LogP contribution in [-0.2, 0) is 4.74 Å². The van der Waals surface area contributed by atoms with E-state index in [4.69, 9.17) is 4.74 Å². The fourth-order valence-electron chi connectivity index (χ4n) is 2.79. The fourth-order valence-corrected chi connectivity index (χ4v) is 2.79. The molecular formula is C15H32N2O. The molecule has 3 heteroatoms. The van der Waals surface area contributed by atoms with E-state index in [1.807, 2.05) is 0 Å². The van der Waals surface area contributed by atoms with Gasteiger partial charge < -0.3 is 10.1 Å². The van der Waals surface area contributed by atoms with E-state index in [1.54, 1.807) is 0 Å². The van der Waals surface area contributed by atoms with Gasteiger partial charge in [0, 0.05) is 38.3 Å². The minimum absolute atomic E-state index is 0.689. The molecule has 1 rings (SSSR count). The minimum atomic E-state index is 0.689. The van der Waals surface area contributed by atoms with Crippen molar-refractivity contribution in [2.24, 2.45) is 0 Å². The molecule has 0 radical (unpaired) electrons. The normalized spacial score (nSPS) is 25.5. The molecule has 0 saturated carbocycles. The first-order valence-corrected chi connectivity index (χ1v) is 7.86. The zero-order chi connectivity index (χ0) is 13.2. The molecule has 108 valence electrons. The van der Waals surface area contributed by atoms with E-state index in [9.17, 15) is 0 Å². The van der Waals surface area contributed by atoms with Gasteiger partial charge in [-0.15, -0.1) is 0 Å². The quantitative estimate of drug-likeness (QED) is 0.642. The molecule has 2 unspecified atom stereocenters. The molecular weight excluding hydrogens is 224 g/mol. The van der Waals surface area contributed by atoms with Crippen LogP contribution >= 0.6 is 0 Å². The molecule has 1 saturated heterocycles. The third-order valence-electron chi connectivity index (χ3n) is 3.74. The summed E-state index contributed by atoms with van der Waals surface area (Å²) in [6.45, 7) is 12.0. The van der Waals surface area contributed by atoms with Crippen LogP contribution in [0.4, 0.5) is 0 Å². The first-order valence-electron chi connectivity index (χ1n) is 7.86. The highest BCUT2D eigenvalue weighted by molar-refractivity contribution is 4.85. The van der Waals surface area contributed by atoms with E-state index < -0.39 is 0 Å². The molecule has 3 nitrogen and oxygen atoms in total. The van der Waals surface area contributed by atoms with Crippen molar-refractivity contribution >= 4 is 0 Å². The summed E-state index contributed by atoms with van der Waals surface area (Å²) in [6, 6.07) is 1.41. The molecule has 0 aromatic heterocycles. The van der Waals surface area contributed by atoms with Crippen molar-refractivity contribution in [3.05, 3.63) is 0 Å². The van der Waals surface area contributed by atoms with E-state index in [1.165, 1.54) is 32.2 Å². The molecule has 1 fully saturated rings. The van der Waals surface area contributed by atoms with Gasteiger partial charge in [-0.2, -0.15) is 0 Å². The summed E-state index contributed by atoms with van der Waals surface area (Å²) in [7, 11) is 0. The maximum atomic E-state index is 5.65. The molecule has 18 heavy (non-hydrogen) atoms. The van der Waals surface area contributed by atoms with Crippen molar-refractivity contribution in [1.29, 1.82) is 0 Å². The van der Waals surface area contributed by atoms with Crippen molar-refractivity contribution in [3.8, 4) is 0 Å². The maximum absolute atomic E-state index is 5.65.